The number of ether oxygens (including phenoxy) is 1. The zero-order valence-corrected chi connectivity index (χ0v) is 11.5. The van der Waals surface area contributed by atoms with E-state index in [2.05, 4.69) is 24.1 Å². The Morgan fingerprint density at radius 2 is 2.00 bits per heavy atom. The van der Waals surface area contributed by atoms with Crippen LogP contribution in [0.2, 0.25) is 0 Å². The van der Waals surface area contributed by atoms with Crippen molar-refractivity contribution in [3.8, 4) is 0 Å². The molecule has 0 aromatic heterocycles. The minimum atomic E-state index is 0.488. The van der Waals surface area contributed by atoms with Crippen molar-refractivity contribution in [3.63, 3.8) is 0 Å². The fourth-order valence-electron chi connectivity index (χ4n) is 1.84. The van der Waals surface area contributed by atoms with Crippen LogP contribution < -0.4 is 5.32 Å². The van der Waals surface area contributed by atoms with Gasteiger partial charge in [0.05, 0.1) is 0 Å². The van der Waals surface area contributed by atoms with Crippen LogP contribution in [0.1, 0.15) is 33.1 Å². The number of hydrogen-bond acceptors (Lipinski definition) is 2. The summed E-state index contributed by atoms with van der Waals surface area (Å²) < 4.78 is 5.00. The predicted molar refractivity (Wildman–Crippen MR) is 71.7 cm³/mol. The third-order valence-electron chi connectivity index (χ3n) is 3.21. The fourth-order valence-corrected chi connectivity index (χ4v) is 2.12. The normalized spacial score (nSPS) is 19.6. The molecule has 0 radical (unpaired) electrons. The first-order valence-corrected chi connectivity index (χ1v) is 6.48. The molecule has 0 unspecified atom stereocenters. The van der Waals surface area contributed by atoms with Crippen molar-refractivity contribution in [3.05, 3.63) is 0 Å². The smallest absolute Gasteiger partial charge is 0.168 e. The van der Waals surface area contributed by atoms with Crippen LogP contribution in [0.4, 0.5) is 0 Å². The lowest BCUT2D eigenvalue weighted by Crippen LogP contribution is -2.46. The van der Waals surface area contributed by atoms with E-state index >= 15 is 0 Å². The number of piperidine rings is 1. The van der Waals surface area contributed by atoms with Crippen LogP contribution >= 0.6 is 12.2 Å². The molecule has 1 saturated heterocycles. The van der Waals surface area contributed by atoms with Crippen molar-refractivity contribution < 1.29 is 4.74 Å². The highest BCUT2D eigenvalue weighted by Crippen LogP contribution is 2.29. The first-order chi connectivity index (χ1) is 7.55. The molecule has 1 heterocycles. The van der Waals surface area contributed by atoms with Crippen LogP contribution in [0.3, 0.4) is 0 Å². The van der Waals surface area contributed by atoms with E-state index in [9.17, 15) is 0 Å². The van der Waals surface area contributed by atoms with E-state index in [-0.39, 0.29) is 0 Å². The number of nitrogens with one attached hydrogen (secondary N) is 1. The molecule has 1 aliphatic heterocycles. The summed E-state index contributed by atoms with van der Waals surface area (Å²) in [5.41, 5.74) is 0.488. The van der Waals surface area contributed by atoms with Gasteiger partial charge in [0.15, 0.2) is 5.11 Å². The monoisotopic (exact) mass is 244 g/mol. The molecule has 4 heteroatoms. The molecule has 1 N–H and O–H groups in total. The van der Waals surface area contributed by atoms with Crippen molar-refractivity contribution >= 4 is 17.3 Å². The molecular weight excluding hydrogens is 220 g/mol. The molecule has 0 aliphatic carbocycles. The van der Waals surface area contributed by atoms with Crippen molar-refractivity contribution in [1.82, 2.24) is 10.2 Å². The Labute approximate surface area is 105 Å². The van der Waals surface area contributed by atoms with Crippen LogP contribution in [-0.4, -0.2) is 43.4 Å². The second kappa shape index (κ2) is 6.40. The highest BCUT2D eigenvalue weighted by Gasteiger charge is 2.26. The quantitative estimate of drug-likeness (QED) is 0.604. The van der Waals surface area contributed by atoms with Crippen LogP contribution in [0.25, 0.3) is 0 Å². The van der Waals surface area contributed by atoms with E-state index < -0.39 is 0 Å². The number of hydrogen-bond donors (Lipinski definition) is 1. The summed E-state index contributed by atoms with van der Waals surface area (Å²) in [4.78, 5) is 2.29. The third kappa shape index (κ3) is 4.66. The fraction of sp³-hybridized carbons (Fsp3) is 0.917. The third-order valence-corrected chi connectivity index (χ3v) is 3.61. The zero-order valence-electron chi connectivity index (χ0n) is 10.7. The maximum atomic E-state index is 5.37. The van der Waals surface area contributed by atoms with Gasteiger partial charge in [-0.25, -0.2) is 0 Å². The van der Waals surface area contributed by atoms with Gasteiger partial charge in [0.25, 0.3) is 0 Å². The largest absolute Gasteiger partial charge is 0.385 e. The number of methoxy groups -OCH3 is 1. The maximum absolute atomic E-state index is 5.37. The second-order valence-corrected chi connectivity index (χ2v) is 5.62. The highest BCUT2D eigenvalue weighted by molar-refractivity contribution is 7.80. The summed E-state index contributed by atoms with van der Waals surface area (Å²) >= 11 is 5.37. The molecule has 0 spiro atoms. The first-order valence-electron chi connectivity index (χ1n) is 6.07. The van der Waals surface area contributed by atoms with Gasteiger partial charge in [0.2, 0.25) is 0 Å². The minimum absolute atomic E-state index is 0.488. The average Bonchev–Trinajstić information content (AvgIpc) is 2.24. The van der Waals surface area contributed by atoms with E-state index in [1.165, 1.54) is 12.8 Å². The molecule has 0 bridgehead atoms. The van der Waals surface area contributed by atoms with Crippen molar-refractivity contribution in [2.24, 2.45) is 5.41 Å². The molecule has 0 saturated carbocycles. The molecule has 1 rings (SSSR count). The number of likely N-dealkylation sites (tertiary alicyclic amines) is 1. The molecule has 1 fully saturated rings. The van der Waals surface area contributed by atoms with Crippen molar-refractivity contribution in [2.75, 3.05) is 33.4 Å². The van der Waals surface area contributed by atoms with Gasteiger partial charge in [-0.15, -0.1) is 0 Å². The maximum Gasteiger partial charge on any atom is 0.168 e. The number of thiocarbonyl (C=S) groups is 1. The summed E-state index contributed by atoms with van der Waals surface area (Å²) in [5, 5.41) is 4.20. The molecule has 0 aromatic carbocycles. The lowest BCUT2D eigenvalue weighted by atomic mass is 9.83. The lowest BCUT2D eigenvalue weighted by molar-refractivity contribution is 0.185. The van der Waals surface area contributed by atoms with E-state index in [0.29, 0.717) is 5.41 Å². The SMILES string of the molecule is COCCCNC(=S)N1CCC(C)(C)CC1. The molecule has 1 aliphatic rings. The first kappa shape index (κ1) is 13.7. The average molecular weight is 244 g/mol. The molecule has 0 amide bonds. The van der Waals surface area contributed by atoms with E-state index in [1.807, 2.05) is 0 Å². The Balaban J connectivity index is 2.18. The van der Waals surface area contributed by atoms with Gasteiger partial charge in [-0.05, 0) is 36.9 Å². The van der Waals surface area contributed by atoms with Crippen LogP contribution in [0.5, 0.6) is 0 Å². The van der Waals surface area contributed by atoms with Gasteiger partial charge in [-0.2, -0.15) is 0 Å². The van der Waals surface area contributed by atoms with Gasteiger partial charge in [0.1, 0.15) is 0 Å². The Hall–Kier alpha value is -0.350. The van der Waals surface area contributed by atoms with Gasteiger partial charge in [0, 0.05) is 33.4 Å². The molecule has 0 atom stereocenters. The summed E-state index contributed by atoms with van der Waals surface area (Å²) in [6.45, 7) is 8.54. The van der Waals surface area contributed by atoms with Crippen LogP contribution in [-0.2, 0) is 4.74 Å². The van der Waals surface area contributed by atoms with E-state index in [1.54, 1.807) is 7.11 Å². The predicted octanol–water partition coefficient (Wildman–Crippen LogP) is 2.02. The minimum Gasteiger partial charge on any atom is -0.385 e. The molecule has 0 aromatic rings. The summed E-state index contributed by atoms with van der Waals surface area (Å²) in [5.74, 6) is 0. The second-order valence-electron chi connectivity index (χ2n) is 5.23. The molecule has 3 nitrogen and oxygen atoms in total. The summed E-state index contributed by atoms with van der Waals surface area (Å²) in [7, 11) is 1.73. The van der Waals surface area contributed by atoms with Crippen molar-refractivity contribution in [1.29, 1.82) is 0 Å². The zero-order chi connectivity index (χ0) is 12.0. The number of nitrogens with zero attached hydrogens (tertiary/aromatic N) is 1. The molecule has 94 valence electrons. The van der Waals surface area contributed by atoms with Gasteiger partial charge in [-0.3, -0.25) is 0 Å². The Kier molecular flexibility index (Phi) is 5.49. The summed E-state index contributed by atoms with van der Waals surface area (Å²) in [6.07, 6.45) is 3.47. The Bertz CT molecular complexity index is 221. The standard InChI is InChI=1S/C12H24N2OS/c1-12(2)5-8-14(9-6-12)11(16)13-7-4-10-15-3/h4-10H2,1-3H3,(H,13,16). The number of rotatable bonds is 4. The van der Waals surface area contributed by atoms with Gasteiger partial charge < -0.3 is 15.0 Å². The van der Waals surface area contributed by atoms with E-state index in [4.69, 9.17) is 17.0 Å². The van der Waals surface area contributed by atoms with Crippen LogP contribution in [0, 0.1) is 5.41 Å². The summed E-state index contributed by atoms with van der Waals surface area (Å²) in [6, 6.07) is 0. The van der Waals surface area contributed by atoms with E-state index in [0.717, 1.165) is 37.8 Å². The van der Waals surface area contributed by atoms with Gasteiger partial charge in [-0.1, -0.05) is 13.8 Å². The Morgan fingerprint density at radius 3 is 2.56 bits per heavy atom. The van der Waals surface area contributed by atoms with Gasteiger partial charge >= 0.3 is 0 Å². The van der Waals surface area contributed by atoms with Crippen molar-refractivity contribution in [2.45, 2.75) is 33.1 Å². The van der Waals surface area contributed by atoms with Crippen LogP contribution in [0.15, 0.2) is 0 Å². The molecule has 16 heavy (non-hydrogen) atoms. The molecular formula is C12H24N2OS. The lowest BCUT2D eigenvalue weighted by Gasteiger charge is -2.38. The topological polar surface area (TPSA) is 24.5 Å². The Morgan fingerprint density at radius 1 is 1.38 bits per heavy atom. The highest BCUT2D eigenvalue weighted by atomic mass is 32.1.